The lowest BCUT2D eigenvalue weighted by molar-refractivity contribution is 0.352. The Labute approximate surface area is 53.8 Å². The molecule has 0 aromatic heterocycles. The van der Waals surface area contributed by atoms with Gasteiger partial charge in [-0.2, -0.15) is 0 Å². The van der Waals surface area contributed by atoms with Crippen molar-refractivity contribution in [3.05, 3.63) is 0 Å². The summed E-state index contributed by atoms with van der Waals surface area (Å²) in [5.74, 6) is 1.15. The second kappa shape index (κ2) is 3.45. The molecule has 0 nitrogen and oxygen atoms in total. The summed E-state index contributed by atoms with van der Waals surface area (Å²) in [6.07, 6.45) is 7.53. The summed E-state index contributed by atoms with van der Waals surface area (Å²) in [4.78, 5) is 0. The summed E-state index contributed by atoms with van der Waals surface area (Å²) in [7, 11) is 1.25. The third-order valence-electron chi connectivity index (χ3n) is 1.91. The maximum Gasteiger partial charge on any atom is -0.0325 e. The summed E-state index contributed by atoms with van der Waals surface area (Å²) < 4.78 is 0. The molecule has 1 aliphatic rings. The summed E-state index contributed by atoms with van der Waals surface area (Å²) in [5, 5.41) is 0. The third-order valence-corrected chi connectivity index (χ3v) is 3.27. The molecule has 0 bridgehead atoms. The van der Waals surface area contributed by atoms with Crippen molar-refractivity contribution in [2.75, 3.05) is 12.3 Å². The zero-order chi connectivity index (χ0) is 5.82. The highest BCUT2D eigenvalue weighted by Crippen LogP contribution is 2.31. The van der Waals surface area contributed by atoms with Gasteiger partial charge in [-0.05, 0) is 18.2 Å². The highest BCUT2D eigenvalue weighted by Gasteiger charge is 2.15. The van der Waals surface area contributed by atoms with Crippen LogP contribution in [0, 0.1) is 5.92 Å². The van der Waals surface area contributed by atoms with Gasteiger partial charge in [-0.15, -0.1) is 8.58 Å². The molecule has 1 rings (SSSR count). The molecule has 0 N–H and O–H groups in total. The van der Waals surface area contributed by atoms with Crippen molar-refractivity contribution in [2.45, 2.75) is 26.2 Å². The van der Waals surface area contributed by atoms with Crippen molar-refractivity contribution < 1.29 is 0 Å². The van der Waals surface area contributed by atoms with Crippen molar-refractivity contribution in [1.82, 2.24) is 0 Å². The van der Waals surface area contributed by atoms with E-state index in [4.69, 9.17) is 0 Å². The maximum absolute atomic E-state index is 2.29. The first-order valence-corrected chi connectivity index (χ1v) is 5.05. The lowest BCUT2D eigenvalue weighted by Gasteiger charge is -2.24. The average Bonchev–Trinajstić information content (AvgIpc) is 1.63. The van der Waals surface area contributed by atoms with E-state index in [1.807, 2.05) is 0 Å². The number of rotatable bonds is 3. The molecule has 48 valence electrons. The topological polar surface area (TPSA) is 0 Å². The standard InChI is InChI=1S/C7H15P/c1-2-8-6-7-4-3-5-7/h7-8H,2-6H2,1H3. The maximum atomic E-state index is 2.29. The van der Waals surface area contributed by atoms with E-state index < -0.39 is 0 Å². The van der Waals surface area contributed by atoms with E-state index in [2.05, 4.69) is 6.92 Å². The predicted octanol–water partition coefficient (Wildman–Crippen LogP) is 2.48. The van der Waals surface area contributed by atoms with Crippen LogP contribution in [-0.4, -0.2) is 12.3 Å². The van der Waals surface area contributed by atoms with Gasteiger partial charge < -0.3 is 0 Å². The molecule has 8 heavy (non-hydrogen) atoms. The Hall–Kier alpha value is 0.430. The minimum Gasteiger partial charge on any atom is -0.122 e. The van der Waals surface area contributed by atoms with Crippen LogP contribution in [0.4, 0.5) is 0 Å². The van der Waals surface area contributed by atoms with E-state index in [0.29, 0.717) is 0 Å². The van der Waals surface area contributed by atoms with Crippen molar-refractivity contribution in [2.24, 2.45) is 5.92 Å². The lowest BCUT2D eigenvalue weighted by atomic mass is 9.87. The molecule has 1 unspecified atom stereocenters. The Bertz CT molecular complexity index is 57.4. The highest BCUT2D eigenvalue weighted by molar-refractivity contribution is 7.37. The van der Waals surface area contributed by atoms with E-state index in [-0.39, 0.29) is 0 Å². The van der Waals surface area contributed by atoms with E-state index in [9.17, 15) is 0 Å². The molecular formula is C7H15P. The van der Waals surface area contributed by atoms with Crippen LogP contribution in [0.2, 0.25) is 0 Å². The molecule has 0 aromatic rings. The van der Waals surface area contributed by atoms with Crippen molar-refractivity contribution in [3.8, 4) is 0 Å². The molecule has 0 spiro atoms. The van der Waals surface area contributed by atoms with Gasteiger partial charge in [-0.1, -0.05) is 26.2 Å². The van der Waals surface area contributed by atoms with Crippen LogP contribution in [0.15, 0.2) is 0 Å². The number of hydrogen-bond donors (Lipinski definition) is 0. The van der Waals surface area contributed by atoms with Crippen molar-refractivity contribution in [1.29, 1.82) is 0 Å². The quantitative estimate of drug-likeness (QED) is 0.515. The Morgan fingerprint density at radius 1 is 1.50 bits per heavy atom. The fourth-order valence-electron chi connectivity index (χ4n) is 1.05. The summed E-state index contributed by atoms with van der Waals surface area (Å²) in [5.41, 5.74) is 0. The first kappa shape index (κ1) is 6.55. The summed E-state index contributed by atoms with van der Waals surface area (Å²) >= 11 is 0. The van der Waals surface area contributed by atoms with E-state index >= 15 is 0 Å². The monoisotopic (exact) mass is 130 g/mol. The van der Waals surface area contributed by atoms with E-state index in [1.165, 1.54) is 40.2 Å². The van der Waals surface area contributed by atoms with Crippen LogP contribution in [-0.2, 0) is 0 Å². The molecule has 1 heteroatoms. The normalized spacial score (nSPS) is 22.1. The predicted molar refractivity (Wildman–Crippen MR) is 41.1 cm³/mol. The number of hydrogen-bond acceptors (Lipinski definition) is 0. The molecule has 1 aliphatic carbocycles. The van der Waals surface area contributed by atoms with Crippen molar-refractivity contribution in [3.63, 3.8) is 0 Å². The summed E-state index contributed by atoms with van der Waals surface area (Å²) in [6.45, 7) is 2.29. The van der Waals surface area contributed by atoms with Crippen LogP contribution in [0.3, 0.4) is 0 Å². The van der Waals surface area contributed by atoms with Crippen LogP contribution in [0.5, 0.6) is 0 Å². The highest BCUT2D eigenvalue weighted by atomic mass is 31.1. The fraction of sp³-hybridized carbons (Fsp3) is 1.00. The second-order valence-electron chi connectivity index (χ2n) is 2.60. The molecule has 1 fully saturated rings. The van der Waals surface area contributed by atoms with Gasteiger partial charge in [0.25, 0.3) is 0 Å². The van der Waals surface area contributed by atoms with Crippen LogP contribution >= 0.6 is 8.58 Å². The van der Waals surface area contributed by atoms with Gasteiger partial charge in [-0.3, -0.25) is 0 Å². The fourth-order valence-corrected chi connectivity index (χ4v) is 2.15. The smallest absolute Gasteiger partial charge is 0.0325 e. The molecule has 1 atom stereocenters. The molecule has 0 aromatic carbocycles. The van der Waals surface area contributed by atoms with Gasteiger partial charge >= 0.3 is 0 Å². The van der Waals surface area contributed by atoms with Crippen LogP contribution in [0.25, 0.3) is 0 Å². The second-order valence-corrected chi connectivity index (χ2v) is 4.22. The van der Waals surface area contributed by atoms with Crippen LogP contribution < -0.4 is 0 Å². The van der Waals surface area contributed by atoms with Gasteiger partial charge in [0.1, 0.15) is 0 Å². The summed E-state index contributed by atoms with van der Waals surface area (Å²) in [6, 6.07) is 0. The molecule has 0 amide bonds. The van der Waals surface area contributed by atoms with Crippen molar-refractivity contribution >= 4 is 8.58 Å². The molecule has 1 saturated carbocycles. The zero-order valence-corrected chi connectivity index (χ0v) is 6.61. The minimum absolute atomic E-state index is 1.15. The molecule has 0 aliphatic heterocycles. The first-order valence-electron chi connectivity index (χ1n) is 3.64. The largest absolute Gasteiger partial charge is 0.122 e. The van der Waals surface area contributed by atoms with Gasteiger partial charge in [-0.25, -0.2) is 0 Å². The van der Waals surface area contributed by atoms with Gasteiger partial charge in [0, 0.05) is 0 Å². The minimum atomic E-state index is 1.15. The third kappa shape index (κ3) is 1.74. The van der Waals surface area contributed by atoms with Gasteiger partial charge in [0.05, 0.1) is 0 Å². The Kier molecular flexibility index (Phi) is 2.83. The van der Waals surface area contributed by atoms with E-state index in [1.54, 1.807) is 0 Å². The Balaban J connectivity index is 1.86. The lowest BCUT2D eigenvalue weighted by Crippen LogP contribution is -2.12. The van der Waals surface area contributed by atoms with Gasteiger partial charge in [0.15, 0.2) is 0 Å². The van der Waals surface area contributed by atoms with E-state index in [0.717, 1.165) is 5.92 Å². The molecular weight excluding hydrogens is 115 g/mol. The zero-order valence-electron chi connectivity index (χ0n) is 5.61. The average molecular weight is 130 g/mol. The first-order chi connectivity index (χ1) is 3.93. The molecule has 0 radical (unpaired) electrons. The van der Waals surface area contributed by atoms with Gasteiger partial charge in [0.2, 0.25) is 0 Å². The Morgan fingerprint density at radius 3 is 2.62 bits per heavy atom. The Morgan fingerprint density at radius 2 is 2.25 bits per heavy atom. The SMILES string of the molecule is CCPCC1CCC1. The molecule has 0 saturated heterocycles. The molecule has 0 heterocycles. The van der Waals surface area contributed by atoms with Crippen LogP contribution in [0.1, 0.15) is 26.2 Å².